The quantitative estimate of drug-likeness (QED) is 0.735. The van der Waals surface area contributed by atoms with Gasteiger partial charge in [-0.3, -0.25) is 9.69 Å². The summed E-state index contributed by atoms with van der Waals surface area (Å²) >= 11 is 13.7. The third-order valence-electron chi connectivity index (χ3n) is 3.53. The van der Waals surface area contributed by atoms with Crippen molar-refractivity contribution < 1.29 is 9.18 Å². The lowest BCUT2D eigenvalue weighted by Crippen LogP contribution is -2.28. The van der Waals surface area contributed by atoms with Gasteiger partial charge in [-0.05, 0) is 36.8 Å². The molecule has 2 nitrogen and oxygen atoms in total. The second-order valence-corrected chi connectivity index (χ2v) is 6.94. The third-order valence-corrected chi connectivity index (χ3v) is 5.28. The molecule has 1 atom stereocenters. The minimum atomic E-state index is -0.369. The van der Waals surface area contributed by atoms with Crippen LogP contribution in [-0.2, 0) is 4.79 Å². The Labute approximate surface area is 142 Å². The summed E-state index contributed by atoms with van der Waals surface area (Å²) in [7, 11) is 0. The zero-order chi connectivity index (χ0) is 15.9. The molecule has 3 rings (SSSR count). The van der Waals surface area contributed by atoms with E-state index in [0.717, 1.165) is 11.1 Å². The van der Waals surface area contributed by atoms with Gasteiger partial charge in [0.15, 0.2) is 0 Å². The SMILES string of the molecule is Cc1ccc(F)cc1N1C(=O)CS[C@@H]1c1ccc(Cl)cc1Cl. The molecule has 0 unspecified atom stereocenters. The van der Waals surface area contributed by atoms with Gasteiger partial charge in [-0.15, -0.1) is 11.8 Å². The van der Waals surface area contributed by atoms with Gasteiger partial charge in [0.25, 0.3) is 0 Å². The Morgan fingerprint density at radius 2 is 2.00 bits per heavy atom. The number of rotatable bonds is 2. The van der Waals surface area contributed by atoms with E-state index in [2.05, 4.69) is 0 Å². The molecule has 1 amide bonds. The molecule has 0 spiro atoms. The van der Waals surface area contributed by atoms with Crippen LogP contribution in [0.2, 0.25) is 10.0 Å². The molecule has 1 aliphatic heterocycles. The topological polar surface area (TPSA) is 20.3 Å². The predicted molar refractivity (Wildman–Crippen MR) is 90.3 cm³/mol. The van der Waals surface area contributed by atoms with Crippen molar-refractivity contribution in [2.24, 2.45) is 0 Å². The van der Waals surface area contributed by atoms with Crippen molar-refractivity contribution in [1.29, 1.82) is 0 Å². The molecule has 0 bridgehead atoms. The summed E-state index contributed by atoms with van der Waals surface area (Å²) in [4.78, 5) is 13.9. The van der Waals surface area contributed by atoms with Crippen LogP contribution in [-0.4, -0.2) is 11.7 Å². The monoisotopic (exact) mass is 355 g/mol. The van der Waals surface area contributed by atoms with Crippen LogP contribution in [0.5, 0.6) is 0 Å². The van der Waals surface area contributed by atoms with Gasteiger partial charge in [0.2, 0.25) is 5.91 Å². The normalized spacial score (nSPS) is 18.1. The molecule has 1 aliphatic rings. The van der Waals surface area contributed by atoms with E-state index < -0.39 is 0 Å². The zero-order valence-corrected chi connectivity index (χ0v) is 14.0. The molecular formula is C16H12Cl2FNOS. The maximum absolute atomic E-state index is 13.6. The number of carbonyl (C=O) groups excluding carboxylic acids is 1. The van der Waals surface area contributed by atoms with Crippen LogP contribution in [0.1, 0.15) is 16.5 Å². The summed E-state index contributed by atoms with van der Waals surface area (Å²) in [5.74, 6) is -0.0967. The highest BCUT2D eigenvalue weighted by molar-refractivity contribution is 8.00. The Bertz CT molecular complexity index is 753. The molecule has 114 valence electrons. The van der Waals surface area contributed by atoms with E-state index in [1.807, 2.05) is 13.0 Å². The second-order valence-electron chi connectivity index (χ2n) is 5.02. The Hall–Kier alpha value is -1.23. The van der Waals surface area contributed by atoms with E-state index in [4.69, 9.17) is 23.2 Å². The van der Waals surface area contributed by atoms with Crippen LogP contribution in [0, 0.1) is 12.7 Å². The number of aryl methyl sites for hydroxylation is 1. The first-order chi connectivity index (χ1) is 10.5. The van der Waals surface area contributed by atoms with Crippen LogP contribution in [0.25, 0.3) is 0 Å². The standard InChI is InChI=1S/C16H12Cl2FNOS/c1-9-2-4-11(19)7-14(9)20-15(21)8-22-16(20)12-5-3-10(17)6-13(12)18/h2-7,16H,8H2,1H3/t16-/m1/s1. The molecule has 1 fully saturated rings. The molecule has 0 saturated carbocycles. The van der Waals surface area contributed by atoms with Gasteiger partial charge in [-0.1, -0.05) is 35.3 Å². The van der Waals surface area contributed by atoms with Gasteiger partial charge in [0, 0.05) is 15.6 Å². The summed E-state index contributed by atoms with van der Waals surface area (Å²) in [5, 5.41) is 0.757. The summed E-state index contributed by atoms with van der Waals surface area (Å²) in [6.45, 7) is 1.85. The van der Waals surface area contributed by atoms with Crippen LogP contribution in [0.3, 0.4) is 0 Å². The number of halogens is 3. The van der Waals surface area contributed by atoms with Crippen LogP contribution >= 0.6 is 35.0 Å². The second kappa shape index (κ2) is 6.11. The van der Waals surface area contributed by atoms with Crippen LogP contribution in [0.4, 0.5) is 10.1 Å². The maximum Gasteiger partial charge on any atom is 0.238 e. The van der Waals surface area contributed by atoms with Crippen molar-refractivity contribution in [2.45, 2.75) is 12.3 Å². The minimum Gasteiger partial charge on any atom is -0.295 e. The van der Waals surface area contributed by atoms with Gasteiger partial charge in [-0.2, -0.15) is 0 Å². The number of benzene rings is 2. The highest BCUT2D eigenvalue weighted by atomic mass is 35.5. The number of hydrogen-bond donors (Lipinski definition) is 0. The largest absolute Gasteiger partial charge is 0.295 e. The zero-order valence-electron chi connectivity index (χ0n) is 11.6. The van der Waals surface area contributed by atoms with Crippen LogP contribution in [0.15, 0.2) is 36.4 Å². The molecular weight excluding hydrogens is 344 g/mol. The first kappa shape index (κ1) is 15.7. The van der Waals surface area contributed by atoms with Crippen molar-refractivity contribution in [3.63, 3.8) is 0 Å². The van der Waals surface area contributed by atoms with E-state index in [1.54, 1.807) is 23.1 Å². The number of anilines is 1. The number of thioether (sulfide) groups is 1. The van der Waals surface area contributed by atoms with Gasteiger partial charge in [0.05, 0.1) is 11.4 Å². The lowest BCUT2D eigenvalue weighted by Gasteiger charge is -2.26. The fourth-order valence-electron chi connectivity index (χ4n) is 2.46. The first-order valence-corrected chi connectivity index (χ1v) is 8.42. The molecule has 0 aromatic heterocycles. The van der Waals surface area contributed by atoms with E-state index >= 15 is 0 Å². The van der Waals surface area contributed by atoms with E-state index in [-0.39, 0.29) is 17.1 Å². The predicted octanol–water partition coefficient (Wildman–Crippen LogP) is 5.22. The maximum atomic E-state index is 13.6. The first-order valence-electron chi connectivity index (χ1n) is 6.62. The molecule has 0 aliphatic carbocycles. The van der Waals surface area contributed by atoms with Crippen molar-refractivity contribution in [2.75, 3.05) is 10.7 Å². The highest BCUT2D eigenvalue weighted by Gasteiger charge is 2.36. The minimum absolute atomic E-state index is 0.0604. The van der Waals surface area contributed by atoms with Crippen molar-refractivity contribution in [1.82, 2.24) is 0 Å². The fourth-order valence-corrected chi connectivity index (χ4v) is 4.24. The van der Waals surface area contributed by atoms with E-state index in [1.165, 1.54) is 23.9 Å². The Morgan fingerprint density at radius 1 is 1.23 bits per heavy atom. The van der Waals surface area contributed by atoms with Crippen molar-refractivity contribution in [3.05, 3.63) is 63.4 Å². The molecule has 0 N–H and O–H groups in total. The average Bonchev–Trinajstić information content (AvgIpc) is 2.83. The molecule has 0 radical (unpaired) electrons. The Balaban J connectivity index is 2.08. The average molecular weight is 356 g/mol. The van der Waals surface area contributed by atoms with Gasteiger partial charge < -0.3 is 0 Å². The number of hydrogen-bond acceptors (Lipinski definition) is 2. The molecule has 2 aromatic rings. The molecule has 2 aromatic carbocycles. The van der Waals surface area contributed by atoms with Gasteiger partial charge in [0.1, 0.15) is 11.2 Å². The smallest absolute Gasteiger partial charge is 0.238 e. The fraction of sp³-hybridized carbons (Fsp3) is 0.188. The van der Waals surface area contributed by atoms with Crippen LogP contribution < -0.4 is 4.90 Å². The Kier molecular flexibility index (Phi) is 4.35. The lowest BCUT2D eigenvalue weighted by molar-refractivity contribution is -0.115. The molecule has 1 saturated heterocycles. The third kappa shape index (κ3) is 2.83. The van der Waals surface area contributed by atoms with Crippen molar-refractivity contribution in [3.8, 4) is 0 Å². The number of amides is 1. The van der Waals surface area contributed by atoms with Crippen molar-refractivity contribution >= 4 is 46.6 Å². The van der Waals surface area contributed by atoms with Gasteiger partial charge >= 0.3 is 0 Å². The van der Waals surface area contributed by atoms with E-state index in [9.17, 15) is 9.18 Å². The van der Waals surface area contributed by atoms with Gasteiger partial charge in [-0.25, -0.2) is 4.39 Å². The molecule has 1 heterocycles. The highest BCUT2D eigenvalue weighted by Crippen LogP contribution is 2.45. The van der Waals surface area contributed by atoms with E-state index in [0.29, 0.717) is 21.5 Å². The number of carbonyl (C=O) groups is 1. The summed E-state index contributed by atoms with van der Waals surface area (Å²) in [6.07, 6.45) is 0. The molecule has 6 heteroatoms. The summed E-state index contributed by atoms with van der Waals surface area (Å²) < 4.78 is 13.6. The number of nitrogens with zero attached hydrogens (tertiary/aromatic N) is 1. The summed E-state index contributed by atoms with van der Waals surface area (Å²) in [6, 6.07) is 9.64. The Morgan fingerprint density at radius 3 is 2.73 bits per heavy atom. The summed E-state index contributed by atoms with van der Waals surface area (Å²) in [5.41, 5.74) is 2.21. The molecule has 22 heavy (non-hydrogen) atoms. The lowest BCUT2D eigenvalue weighted by atomic mass is 10.1.